The summed E-state index contributed by atoms with van der Waals surface area (Å²) < 4.78 is 5.55. The standard InChI is InChI=1S/C14H14N4O/c15-7-14-17-9-12(10-18-14)4-2-6-19-11-13-3-1-5-16-8-13/h1,3,5,8-10H,2,4,6,11H2. The monoisotopic (exact) mass is 254 g/mol. The number of nitriles is 1. The van der Waals surface area contributed by atoms with Crippen molar-refractivity contribution in [2.24, 2.45) is 0 Å². The molecule has 0 unspecified atom stereocenters. The highest BCUT2D eigenvalue weighted by Crippen LogP contribution is 2.02. The molecule has 0 aromatic carbocycles. The number of aromatic nitrogens is 3. The van der Waals surface area contributed by atoms with E-state index in [1.54, 1.807) is 24.8 Å². The van der Waals surface area contributed by atoms with E-state index in [1.165, 1.54) is 0 Å². The minimum atomic E-state index is 0.205. The van der Waals surface area contributed by atoms with Gasteiger partial charge in [-0.05, 0) is 30.0 Å². The van der Waals surface area contributed by atoms with Crippen molar-refractivity contribution in [2.75, 3.05) is 6.61 Å². The van der Waals surface area contributed by atoms with Crippen molar-refractivity contribution in [1.82, 2.24) is 15.0 Å². The highest BCUT2D eigenvalue weighted by atomic mass is 16.5. The van der Waals surface area contributed by atoms with Crippen molar-refractivity contribution in [3.63, 3.8) is 0 Å². The van der Waals surface area contributed by atoms with Gasteiger partial charge >= 0.3 is 0 Å². The Labute approximate surface area is 111 Å². The van der Waals surface area contributed by atoms with E-state index in [0.717, 1.165) is 24.0 Å². The largest absolute Gasteiger partial charge is 0.377 e. The Balaban J connectivity index is 1.65. The van der Waals surface area contributed by atoms with Crippen molar-refractivity contribution >= 4 is 0 Å². The summed E-state index contributed by atoms with van der Waals surface area (Å²) in [6.45, 7) is 1.26. The molecule has 5 nitrogen and oxygen atoms in total. The second-order valence-electron chi connectivity index (χ2n) is 4.04. The van der Waals surface area contributed by atoms with Gasteiger partial charge in [0.05, 0.1) is 6.61 Å². The molecule has 2 heterocycles. The minimum Gasteiger partial charge on any atom is -0.377 e. The van der Waals surface area contributed by atoms with E-state index in [0.29, 0.717) is 13.2 Å². The Morgan fingerprint density at radius 1 is 1.16 bits per heavy atom. The normalized spacial score (nSPS) is 10.1. The molecule has 0 amide bonds. The van der Waals surface area contributed by atoms with Crippen molar-refractivity contribution in [2.45, 2.75) is 19.4 Å². The van der Waals surface area contributed by atoms with Crippen LogP contribution in [-0.2, 0) is 17.8 Å². The average Bonchev–Trinajstić information content (AvgIpc) is 2.49. The molecule has 2 rings (SSSR count). The molecular formula is C14H14N4O. The third-order valence-corrected chi connectivity index (χ3v) is 2.55. The summed E-state index contributed by atoms with van der Waals surface area (Å²) in [6, 6.07) is 5.78. The first-order chi connectivity index (χ1) is 9.38. The Bertz CT molecular complexity index is 534. The van der Waals surface area contributed by atoms with Crippen LogP contribution in [0.1, 0.15) is 23.4 Å². The van der Waals surface area contributed by atoms with Gasteiger partial charge < -0.3 is 4.74 Å². The number of pyridine rings is 1. The average molecular weight is 254 g/mol. The van der Waals surface area contributed by atoms with Gasteiger partial charge in [-0.15, -0.1) is 0 Å². The molecule has 19 heavy (non-hydrogen) atoms. The molecule has 0 aliphatic heterocycles. The molecule has 96 valence electrons. The summed E-state index contributed by atoms with van der Waals surface area (Å²) in [5, 5.41) is 8.58. The smallest absolute Gasteiger partial charge is 0.232 e. The molecule has 2 aromatic heterocycles. The third kappa shape index (κ3) is 4.45. The van der Waals surface area contributed by atoms with Gasteiger partial charge in [0, 0.05) is 31.4 Å². The summed E-state index contributed by atoms with van der Waals surface area (Å²) in [7, 11) is 0. The van der Waals surface area contributed by atoms with Gasteiger partial charge in [-0.25, -0.2) is 9.97 Å². The first kappa shape index (κ1) is 13.1. The molecule has 0 radical (unpaired) electrons. The Kier molecular flexibility index (Phi) is 4.96. The predicted molar refractivity (Wildman–Crippen MR) is 69.0 cm³/mol. The summed E-state index contributed by atoms with van der Waals surface area (Å²) in [6.07, 6.45) is 8.66. The number of rotatable bonds is 6. The van der Waals surface area contributed by atoms with Gasteiger partial charge in [-0.2, -0.15) is 5.26 Å². The lowest BCUT2D eigenvalue weighted by molar-refractivity contribution is 0.118. The van der Waals surface area contributed by atoms with Crippen molar-refractivity contribution in [3.05, 3.63) is 53.9 Å². The fourth-order valence-corrected chi connectivity index (χ4v) is 1.59. The topological polar surface area (TPSA) is 71.7 Å². The number of hydrogen-bond acceptors (Lipinski definition) is 5. The SMILES string of the molecule is N#Cc1ncc(CCCOCc2cccnc2)cn1. The molecule has 0 saturated heterocycles. The minimum absolute atomic E-state index is 0.205. The van der Waals surface area contributed by atoms with Crippen LogP contribution >= 0.6 is 0 Å². The second kappa shape index (κ2) is 7.19. The molecule has 0 aliphatic carbocycles. The van der Waals surface area contributed by atoms with Crippen LogP contribution in [0, 0.1) is 11.3 Å². The van der Waals surface area contributed by atoms with Crippen molar-refractivity contribution in [3.8, 4) is 6.07 Å². The Morgan fingerprint density at radius 2 is 2.00 bits per heavy atom. The first-order valence-corrected chi connectivity index (χ1v) is 6.06. The van der Waals surface area contributed by atoms with Crippen LogP contribution in [0.2, 0.25) is 0 Å². The lowest BCUT2D eigenvalue weighted by atomic mass is 10.2. The number of hydrogen-bond donors (Lipinski definition) is 0. The van der Waals surface area contributed by atoms with Gasteiger partial charge in [0.15, 0.2) is 0 Å². The van der Waals surface area contributed by atoms with Crippen LogP contribution in [0.15, 0.2) is 36.9 Å². The van der Waals surface area contributed by atoms with E-state index in [2.05, 4.69) is 15.0 Å². The number of ether oxygens (including phenoxy) is 1. The Hall–Kier alpha value is -2.32. The van der Waals surface area contributed by atoms with Crippen LogP contribution in [0.25, 0.3) is 0 Å². The number of aryl methyl sites for hydroxylation is 1. The number of nitrogens with zero attached hydrogens (tertiary/aromatic N) is 4. The Morgan fingerprint density at radius 3 is 2.68 bits per heavy atom. The van der Waals surface area contributed by atoms with Crippen LogP contribution in [-0.4, -0.2) is 21.6 Å². The quantitative estimate of drug-likeness (QED) is 0.736. The zero-order chi connectivity index (χ0) is 13.3. The van der Waals surface area contributed by atoms with Crippen LogP contribution in [0.4, 0.5) is 0 Å². The van der Waals surface area contributed by atoms with Crippen LogP contribution < -0.4 is 0 Å². The maximum Gasteiger partial charge on any atom is 0.232 e. The molecule has 0 aliphatic rings. The van der Waals surface area contributed by atoms with Crippen LogP contribution in [0.3, 0.4) is 0 Å². The van der Waals surface area contributed by atoms with Gasteiger partial charge in [-0.1, -0.05) is 6.07 Å². The zero-order valence-electron chi connectivity index (χ0n) is 10.5. The van der Waals surface area contributed by atoms with E-state index in [1.807, 2.05) is 18.2 Å². The fourth-order valence-electron chi connectivity index (χ4n) is 1.59. The summed E-state index contributed by atoms with van der Waals surface area (Å²) >= 11 is 0. The molecule has 0 fully saturated rings. The first-order valence-electron chi connectivity index (χ1n) is 6.06. The molecule has 0 atom stereocenters. The second-order valence-corrected chi connectivity index (χ2v) is 4.04. The van der Waals surface area contributed by atoms with E-state index in [4.69, 9.17) is 10.00 Å². The molecular weight excluding hydrogens is 240 g/mol. The van der Waals surface area contributed by atoms with Crippen molar-refractivity contribution in [1.29, 1.82) is 5.26 Å². The highest BCUT2D eigenvalue weighted by molar-refractivity contribution is 5.13. The molecule has 5 heteroatoms. The lowest BCUT2D eigenvalue weighted by Crippen LogP contribution is -1.99. The molecule has 0 bridgehead atoms. The molecule has 0 saturated carbocycles. The molecule has 0 N–H and O–H groups in total. The van der Waals surface area contributed by atoms with Crippen LogP contribution in [0.5, 0.6) is 0 Å². The maximum absolute atomic E-state index is 8.58. The summed E-state index contributed by atoms with van der Waals surface area (Å²) in [5.41, 5.74) is 2.09. The molecule has 2 aromatic rings. The van der Waals surface area contributed by atoms with Crippen molar-refractivity contribution < 1.29 is 4.74 Å². The molecule has 0 spiro atoms. The predicted octanol–water partition coefficient (Wildman–Crippen LogP) is 1.89. The van der Waals surface area contributed by atoms with E-state index in [-0.39, 0.29) is 5.82 Å². The van der Waals surface area contributed by atoms with E-state index in [9.17, 15) is 0 Å². The van der Waals surface area contributed by atoms with Gasteiger partial charge in [-0.3, -0.25) is 4.98 Å². The lowest BCUT2D eigenvalue weighted by Gasteiger charge is -2.04. The summed E-state index contributed by atoms with van der Waals surface area (Å²) in [4.78, 5) is 11.9. The fraction of sp³-hybridized carbons (Fsp3) is 0.286. The summed E-state index contributed by atoms with van der Waals surface area (Å²) in [5.74, 6) is 0.205. The highest BCUT2D eigenvalue weighted by Gasteiger charge is 1.97. The van der Waals surface area contributed by atoms with E-state index < -0.39 is 0 Å². The zero-order valence-corrected chi connectivity index (χ0v) is 10.5. The van der Waals surface area contributed by atoms with Gasteiger partial charge in [0.1, 0.15) is 6.07 Å². The maximum atomic E-state index is 8.58. The third-order valence-electron chi connectivity index (χ3n) is 2.55. The van der Waals surface area contributed by atoms with Gasteiger partial charge in [0.25, 0.3) is 0 Å². The van der Waals surface area contributed by atoms with Gasteiger partial charge in [0.2, 0.25) is 5.82 Å². The van der Waals surface area contributed by atoms with E-state index >= 15 is 0 Å².